The molecule has 1 heterocycles. The zero-order chi connectivity index (χ0) is 17.5. The Bertz CT molecular complexity index is 943. The predicted molar refractivity (Wildman–Crippen MR) is 92.0 cm³/mol. The van der Waals surface area contributed by atoms with Crippen LogP contribution in [-0.4, -0.2) is 29.6 Å². The van der Waals surface area contributed by atoms with E-state index in [1.54, 1.807) is 6.07 Å². The summed E-state index contributed by atoms with van der Waals surface area (Å²) >= 11 is 10.9. The summed E-state index contributed by atoms with van der Waals surface area (Å²) in [7, 11) is -4.27. The highest BCUT2D eigenvalue weighted by molar-refractivity contribution is 7.92. The van der Waals surface area contributed by atoms with Gasteiger partial charge in [0.15, 0.2) is 0 Å². The monoisotopic (exact) mass is 380 g/mol. The van der Waals surface area contributed by atoms with Gasteiger partial charge in [-0.2, -0.15) is 4.31 Å². The fourth-order valence-corrected chi connectivity index (χ4v) is 4.16. The highest BCUT2D eigenvalue weighted by Crippen LogP contribution is 2.28. The molecule has 122 valence electrons. The molecule has 6 nitrogen and oxygen atoms in total. The first-order valence-electron chi connectivity index (χ1n) is 6.62. The minimum Gasteiger partial charge on any atom is -0.262 e. The standard InChI is InChI=1S/C15H9ClN2O4S2/c16-10-6-8-11(9-7-10)17-13(19)14(20)18(15(17)23)24(21,22)12-4-2-1-3-5-12/h1-9H. The van der Waals surface area contributed by atoms with Crippen molar-refractivity contribution in [3.8, 4) is 0 Å². The average Bonchev–Trinajstić information content (AvgIpc) is 2.79. The summed E-state index contributed by atoms with van der Waals surface area (Å²) in [5.41, 5.74) is 0.258. The van der Waals surface area contributed by atoms with Gasteiger partial charge < -0.3 is 0 Å². The SMILES string of the molecule is O=C1C(=O)N(S(=O)(=O)c2ccccc2)C(=S)N1c1ccc(Cl)cc1. The van der Waals surface area contributed by atoms with Gasteiger partial charge >= 0.3 is 11.8 Å². The minimum atomic E-state index is -4.27. The Hall–Kier alpha value is -2.29. The van der Waals surface area contributed by atoms with Gasteiger partial charge in [-0.15, -0.1) is 0 Å². The Kier molecular flexibility index (Phi) is 4.12. The van der Waals surface area contributed by atoms with Gasteiger partial charge in [-0.05, 0) is 48.6 Å². The molecule has 0 aliphatic carbocycles. The number of hydrogen-bond acceptors (Lipinski definition) is 5. The summed E-state index contributed by atoms with van der Waals surface area (Å²) < 4.78 is 25.6. The number of anilines is 1. The molecule has 24 heavy (non-hydrogen) atoms. The van der Waals surface area contributed by atoms with E-state index in [1.807, 2.05) is 0 Å². The molecule has 2 aromatic rings. The van der Waals surface area contributed by atoms with Crippen LogP contribution in [-0.2, 0) is 19.6 Å². The maximum atomic E-state index is 12.6. The van der Waals surface area contributed by atoms with Crippen LogP contribution in [0.3, 0.4) is 0 Å². The van der Waals surface area contributed by atoms with E-state index in [-0.39, 0.29) is 10.6 Å². The molecular formula is C15H9ClN2O4S2. The first kappa shape index (κ1) is 16.6. The number of benzene rings is 2. The molecule has 2 amide bonds. The van der Waals surface area contributed by atoms with Gasteiger partial charge in [0.1, 0.15) is 0 Å². The van der Waals surface area contributed by atoms with E-state index < -0.39 is 27.0 Å². The largest absolute Gasteiger partial charge is 0.333 e. The number of sulfonamides is 1. The Balaban J connectivity index is 2.06. The van der Waals surface area contributed by atoms with Gasteiger partial charge in [-0.3, -0.25) is 9.59 Å². The third-order valence-corrected chi connectivity index (χ3v) is 5.72. The van der Waals surface area contributed by atoms with Crippen molar-refractivity contribution >= 4 is 56.5 Å². The molecule has 1 fully saturated rings. The molecule has 0 atom stereocenters. The van der Waals surface area contributed by atoms with E-state index >= 15 is 0 Å². The quantitative estimate of drug-likeness (QED) is 0.602. The minimum absolute atomic E-state index is 0.133. The van der Waals surface area contributed by atoms with E-state index in [0.29, 0.717) is 9.33 Å². The molecule has 9 heteroatoms. The van der Waals surface area contributed by atoms with Crippen molar-refractivity contribution in [1.29, 1.82) is 0 Å². The first-order chi connectivity index (χ1) is 11.3. The van der Waals surface area contributed by atoms with E-state index in [4.69, 9.17) is 23.8 Å². The Labute approximate surface area is 148 Å². The molecule has 0 unspecified atom stereocenters. The zero-order valence-corrected chi connectivity index (χ0v) is 14.3. The molecule has 1 aliphatic rings. The topological polar surface area (TPSA) is 74.8 Å². The second-order valence-corrected chi connectivity index (χ2v) is 7.38. The lowest BCUT2D eigenvalue weighted by molar-refractivity contribution is -0.137. The van der Waals surface area contributed by atoms with Crippen LogP contribution in [0.15, 0.2) is 59.5 Å². The van der Waals surface area contributed by atoms with Crippen LogP contribution in [0.5, 0.6) is 0 Å². The zero-order valence-electron chi connectivity index (χ0n) is 11.9. The van der Waals surface area contributed by atoms with Crippen LogP contribution in [0.25, 0.3) is 0 Å². The van der Waals surface area contributed by atoms with Crippen LogP contribution < -0.4 is 4.90 Å². The first-order valence-corrected chi connectivity index (χ1v) is 8.85. The molecule has 2 aromatic carbocycles. The molecule has 0 radical (unpaired) electrons. The van der Waals surface area contributed by atoms with Crippen LogP contribution in [0.1, 0.15) is 0 Å². The van der Waals surface area contributed by atoms with Crippen LogP contribution >= 0.6 is 23.8 Å². The third kappa shape index (κ3) is 2.58. The van der Waals surface area contributed by atoms with Crippen molar-refractivity contribution in [2.75, 3.05) is 4.90 Å². The molecule has 0 spiro atoms. The second kappa shape index (κ2) is 5.97. The van der Waals surface area contributed by atoms with Crippen molar-refractivity contribution in [3.05, 3.63) is 59.6 Å². The maximum Gasteiger partial charge on any atom is 0.333 e. The summed E-state index contributed by atoms with van der Waals surface area (Å²) in [5.74, 6) is -2.26. The number of nitrogens with zero attached hydrogens (tertiary/aromatic N) is 2. The lowest BCUT2D eigenvalue weighted by atomic mass is 10.3. The van der Waals surface area contributed by atoms with Gasteiger partial charge in [0.2, 0.25) is 5.11 Å². The molecule has 0 bridgehead atoms. The number of carbonyl (C=O) groups excluding carboxylic acids is 2. The number of halogens is 1. The molecule has 1 saturated heterocycles. The van der Waals surface area contributed by atoms with Gasteiger partial charge in [0.25, 0.3) is 10.0 Å². The lowest BCUT2D eigenvalue weighted by Crippen LogP contribution is -2.37. The van der Waals surface area contributed by atoms with Gasteiger partial charge in [-0.1, -0.05) is 29.8 Å². The average molecular weight is 381 g/mol. The lowest BCUT2D eigenvalue weighted by Gasteiger charge is -2.18. The van der Waals surface area contributed by atoms with E-state index in [9.17, 15) is 18.0 Å². The van der Waals surface area contributed by atoms with Crippen LogP contribution in [0, 0.1) is 0 Å². The fourth-order valence-electron chi connectivity index (χ4n) is 2.17. The highest BCUT2D eigenvalue weighted by atomic mass is 35.5. The molecule has 1 aliphatic heterocycles. The summed E-state index contributed by atoms with van der Waals surface area (Å²) in [6.45, 7) is 0. The third-order valence-electron chi connectivity index (χ3n) is 3.30. The fraction of sp³-hybridized carbons (Fsp3) is 0. The highest BCUT2D eigenvalue weighted by Gasteiger charge is 2.49. The summed E-state index contributed by atoms with van der Waals surface area (Å²) in [4.78, 5) is 25.2. The van der Waals surface area contributed by atoms with Crippen molar-refractivity contribution in [1.82, 2.24) is 4.31 Å². The normalized spacial score (nSPS) is 15.3. The van der Waals surface area contributed by atoms with Gasteiger partial charge in [0.05, 0.1) is 10.6 Å². The van der Waals surface area contributed by atoms with Crippen molar-refractivity contribution < 1.29 is 18.0 Å². The van der Waals surface area contributed by atoms with E-state index in [1.165, 1.54) is 48.5 Å². The molecular weight excluding hydrogens is 372 g/mol. The van der Waals surface area contributed by atoms with E-state index in [2.05, 4.69) is 0 Å². The van der Waals surface area contributed by atoms with Crippen molar-refractivity contribution in [3.63, 3.8) is 0 Å². The number of rotatable bonds is 3. The predicted octanol–water partition coefficient (Wildman–Crippen LogP) is 2.19. The van der Waals surface area contributed by atoms with Crippen molar-refractivity contribution in [2.45, 2.75) is 4.90 Å². The second-order valence-electron chi connectivity index (χ2n) is 4.79. The number of carbonyl (C=O) groups is 2. The van der Waals surface area contributed by atoms with Gasteiger partial charge in [-0.25, -0.2) is 13.3 Å². The van der Waals surface area contributed by atoms with E-state index in [0.717, 1.165) is 4.90 Å². The Morgan fingerprint density at radius 3 is 2.04 bits per heavy atom. The summed E-state index contributed by atoms with van der Waals surface area (Å²) in [6.07, 6.45) is 0. The molecule has 3 rings (SSSR count). The Morgan fingerprint density at radius 1 is 0.875 bits per heavy atom. The van der Waals surface area contributed by atoms with Crippen LogP contribution in [0.4, 0.5) is 5.69 Å². The summed E-state index contributed by atoms with van der Waals surface area (Å²) in [5, 5.41) is 0.00702. The molecule has 0 saturated carbocycles. The maximum absolute atomic E-state index is 12.6. The van der Waals surface area contributed by atoms with Gasteiger partial charge in [0, 0.05) is 5.02 Å². The number of amides is 2. The summed E-state index contributed by atoms with van der Waals surface area (Å²) in [6, 6.07) is 13.2. The Morgan fingerprint density at radius 2 is 1.46 bits per heavy atom. The molecule has 0 N–H and O–H groups in total. The smallest absolute Gasteiger partial charge is 0.262 e. The molecule has 0 aromatic heterocycles. The van der Waals surface area contributed by atoms with Crippen molar-refractivity contribution in [2.24, 2.45) is 0 Å². The van der Waals surface area contributed by atoms with Crippen LogP contribution in [0.2, 0.25) is 5.02 Å². The number of hydrogen-bond donors (Lipinski definition) is 0. The number of thiocarbonyl (C=S) groups is 1.